The Labute approximate surface area is 106 Å². The zero-order valence-corrected chi connectivity index (χ0v) is 10.8. The van der Waals surface area contributed by atoms with Crippen molar-refractivity contribution in [3.05, 3.63) is 23.8 Å². The molecular formula is C13H18N2O3. The summed E-state index contributed by atoms with van der Waals surface area (Å²) in [6.07, 6.45) is 0.895. The van der Waals surface area contributed by atoms with Crippen LogP contribution in [0.5, 0.6) is 0 Å². The summed E-state index contributed by atoms with van der Waals surface area (Å²) in [7, 11) is 0. The van der Waals surface area contributed by atoms with Gasteiger partial charge in [-0.25, -0.2) is 4.79 Å². The number of rotatable bonds is 5. The van der Waals surface area contributed by atoms with Crippen LogP contribution in [0.3, 0.4) is 0 Å². The van der Waals surface area contributed by atoms with Crippen LogP contribution in [-0.4, -0.2) is 23.0 Å². The van der Waals surface area contributed by atoms with E-state index in [1.165, 1.54) is 13.0 Å². The van der Waals surface area contributed by atoms with Gasteiger partial charge >= 0.3 is 5.97 Å². The van der Waals surface area contributed by atoms with E-state index in [9.17, 15) is 9.59 Å². The second-order valence-corrected chi connectivity index (χ2v) is 4.20. The molecule has 0 spiro atoms. The molecule has 5 nitrogen and oxygen atoms in total. The molecule has 18 heavy (non-hydrogen) atoms. The fourth-order valence-corrected chi connectivity index (χ4v) is 1.50. The van der Waals surface area contributed by atoms with E-state index in [1.807, 2.05) is 13.8 Å². The number of nitrogens with one attached hydrogen (secondary N) is 2. The van der Waals surface area contributed by atoms with Gasteiger partial charge in [0.2, 0.25) is 5.91 Å². The van der Waals surface area contributed by atoms with E-state index in [0.717, 1.165) is 6.42 Å². The first-order valence-electron chi connectivity index (χ1n) is 5.85. The van der Waals surface area contributed by atoms with Gasteiger partial charge in [0.15, 0.2) is 0 Å². The Bertz CT molecular complexity index is 458. The zero-order valence-electron chi connectivity index (χ0n) is 10.8. The lowest BCUT2D eigenvalue weighted by atomic mass is 10.1. The summed E-state index contributed by atoms with van der Waals surface area (Å²) >= 11 is 0. The first kappa shape index (κ1) is 14.0. The predicted octanol–water partition coefficient (Wildman–Crippen LogP) is 2.55. The summed E-state index contributed by atoms with van der Waals surface area (Å²) in [5.41, 5.74) is 1.20. The summed E-state index contributed by atoms with van der Waals surface area (Å²) in [6.45, 7) is 5.38. The summed E-state index contributed by atoms with van der Waals surface area (Å²) in [4.78, 5) is 22.1. The number of hydrogen-bond acceptors (Lipinski definition) is 3. The average molecular weight is 250 g/mol. The molecule has 1 aromatic rings. The molecule has 3 N–H and O–H groups in total. The SMILES string of the molecule is CCC(C)Nc1ccc(NC(C)=O)cc1C(=O)O. The van der Waals surface area contributed by atoms with Gasteiger partial charge in [-0.1, -0.05) is 6.92 Å². The number of anilines is 2. The third-order valence-electron chi connectivity index (χ3n) is 2.58. The van der Waals surface area contributed by atoms with Crippen molar-refractivity contribution in [2.45, 2.75) is 33.2 Å². The lowest BCUT2D eigenvalue weighted by Crippen LogP contribution is -2.16. The van der Waals surface area contributed by atoms with Crippen molar-refractivity contribution in [1.29, 1.82) is 0 Å². The Hall–Kier alpha value is -2.04. The third kappa shape index (κ3) is 3.76. The molecule has 98 valence electrons. The summed E-state index contributed by atoms with van der Waals surface area (Å²) < 4.78 is 0. The molecule has 1 rings (SSSR count). The maximum absolute atomic E-state index is 11.2. The molecule has 0 saturated heterocycles. The van der Waals surface area contributed by atoms with Crippen LogP contribution in [0, 0.1) is 0 Å². The highest BCUT2D eigenvalue weighted by atomic mass is 16.4. The monoisotopic (exact) mass is 250 g/mol. The summed E-state index contributed by atoms with van der Waals surface area (Å²) in [6, 6.07) is 4.99. The van der Waals surface area contributed by atoms with E-state index in [0.29, 0.717) is 11.4 Å². The van der Waals surface area contributed by atoms with Crippen molar-refractivity contribution >= 4 is 23.3 Å². The van der Waals surface area contributed by atoms with Gasteiger partial charge in [-0.2, -0.15) is 0 Å². The Morgan fingerprint density at radius 1 is 1.39 bits per heavy atom. The van der Waals surface area contributed by atoms with Crippen molar-refractivity contribution in [3.63, 3.8) is 0 Å². The summed E-state index contributed by atoms with van der Waals surface area (Å²) in [5, 5.41) is 14.9. The maximum atomic E-state index is 11.2. The zero-order chi connectivity index (χ0) is 13.7. The number of carboxylic acid groups (broad SMARTS) is 1. The minimum absolute atomic E-state index is 0.154. The molecule has 0 heterocycles. The van der Waals surface area contributed by atoms with Crippen molar-refractivity contribution in [3.8, 4) is 0 Å². The molecule has 1 amide bonds. The van der Waals surface area contributed by atoms with Crippen LogP contribution in [-0.2, 0) is 4.79 Å². The van der Waals surface area contributed by atoms with Gasteiger partial charge in [-0.3, -0.25) is 4.79 Å². The van der Waals surface area contributed by atoms with Crippen LogP contribution in [0.2, 0.25) is 0 Å². The first-order valence-corrected chi connectivity index (χ1v) is 5.85. The van der Waals surface area contributed by atoms with E-state index in [-0.39, 0.29) is 17.5 Å². The number of benzene rings is 1. The molecule has 1 unspecified atom stereocenters. The third-order valence-corrected chi connectivity index (χ3v) is 2.58. The smallest absolute Gasteiger partial charge is 0.337 e. The number of amides is 1. The quantitative estimate of drug-likeness (QED) is 0.750. The van der Waals surface area contributed by atoms with Gasteiger partial charge in [-0.05, 0) is 31.5 Å². The maximum Gasteiger partial charge on any atom is 0.337 e. The van der Waals surface area contributed by atoms with Crippen molar-refractivity contribution in [1.82, 2.24) is 0 Å². The fourth-order valence-electron chi connectivity index (χ4n) is 1.50. The van der Waals surface area contributed by atoms with E-state index in [2.05, 4.69) is 10.6 Å². The van der Waals surface area contributed by atoms with Crippen LogP contribution in [0.1, 0.15) is 37.6 Å². The number of carbonyl (C=O) groups is 2. The number of carboxylic acids is 1. The predicted molar refractivity (Wildman–Crippen MR) is 71.1 cm³/mol. The molecule has 0 aliphatic carbocycles. The van der Waals surface area contributed by atoms with E-state index in [4.69, 9.17) is 5.11 Å². The molecule has 5 heteroatoms. The first-order chi connectivity index (χ1) is 8.43. The van der Waals surface area contributed by atoms with Crippen LogP contribution < -0.4 is 10.6 Å². The molecule has 1 atom stereocenters. The standard InChI is InChI=1S/C13H18N2O3/c1-4-8(2)14-12-6-5-10(15-9(3)16)7-11(12)13(17)18/h5-8,14H,4H2,1-3H3,(H,15,16)(H,17,18). The van der Waals surface area contributed by atoms with Gasteiger partial charge in [0, 0.05) is 24.3 Å². The van der Waals surface area contributed by atoms with Crippen LogP contribution in [0.15, 0.2) is 18.2 Å². The van der Waals surface area contributed by atoms with E-state index in [1.54, 1.807) is 12.1 Å². The lowest BCUT2D eigenvalue weighted by molar-refractivity contribution is -0.114. The lowest BCUT2D eigenvalue weighted by Gasteiger charge is -2.16. The Morgan fingerprint density at radius 2 is 2.06 bits per heavy atom. The molecule has 0 aliphatic rings. The van der Waals surface area contributed by atoms with Crippen molar-refractivity contribution in [2.75, 3.05) is 10.6 Å². The van der Waals surface area contributed by atoms with Gasteiger partial charge in [-0.15, -0.1) is 0 Å². The van der Waals surface area contributed by atoms with Gasteiger partial charge in [0.05, 0.1) is 5.56 Å². The molecule has 0 radical (unpaired) electrons. The molecule has 0 saturated carbocycles. The van der Waals surface area contributed by atoms with Gasteiger partial charge in [0.25, 0.3) is 0 Å². The fraction of sp³-hybridized carbons (Fsp3) is 0.385. The minimum atomic E-state index is -1.02. The summed E-state index contributed by atoms with van der Waals surface area (Å²) in [5.74, 6) is -1.25. The highest BCUT2D eigenvalue weighted by Gasteiger charge is 2.12. The normalized spacial score (nSPS) is 11.7. The molecule has 0 aromatic heterocycles. The van der Waals surface area contributed by atoms with E-state index >= 15 is 0 Å². The molecule has 0 fully saturated rings. The molecule has 1 aromatic carbocycles. The van der Waals surface area contributed by atoms with Crippen molar-refractivity contribution < 1.29 is 14.7 Å². The number of aromatic carboxylic acids is 1. The highest BCUT2D eigenvalue weighted by Crippen LogP contribution is 2.22. The van der Waals surface area contributed by atoms with Crippen molar-refractivity contribution in [2.24, 2.45) is 0 Å². The Balaban J connectivity index is 3.04. The van der Waals surface area contributed by atoms with Gasteiger partial charge in [0.1, 0.15) is 0 Å². The second-order valence-electron chi connectivity index (χ2n) is 4.20. The molecule has 0 aliphatic heterocycles. The van der Waals surface area contributed by atoms with E-state index < -0.39 is 5.97 Å². The topological polar surface area (TPSA) is 78.4 Å². The minimum Gasteiger partial charge on any atom is -0.478 e. The average Bonchev–Trinajstić information content (AvgIpc) is 2.29. The highest BCUT2D eigenvalue weighted by molar-refractivity contribution is 5.97. The van der Waals surface area contributed by atoms with Crippen LogP contribution in [0.25, 0.3) is 0 Å². The van der Waals surface area contributed by atoms with Gasteiger partial charge < -0.3 is 15.7 Å². The van der Waals surface area contributed by atoms with Crippen LogP contribution >= 0.6 is 0 Å². The second kappa shape index (κ2) is 6.05. The molecule has 0 bridgehead atoms. The van der Waals surface area contributed by atoms with Crippen LogP contribution in [0.4, 0.5) is 11.4 Å². The number of hydrogen-bond donors (Lipinski definition) is 3. The largest absolute Gasteiger partial charge is 0.478 e. The number of carbonyl (C=O) groups excluding carboxylic acids is 1. The Morgan fingerprint density at radius 3 is 2.56 bits per heavy atom. The Kier molecular flexibility index (Phi) is 4.71. The molecular weight excluding hydrogens is 232 g/mol.